The Morgan fingerprint density at radius 2 is 1.97 bits per heavy atom. The van der Waals surface area contributed by atoms with Gasteiger partial charge in [0.2, 0.25) is 0 Å². The Hall–Kier alpha value is -3.40. The Kier molecular flexibility index (Phi) is 6.72. The van der Waals surface area contributed by atoms with Gasteiger partial charge in [0.05, 0.1) is 22.8 Å². The summed E-state index contributed by atoms with van der Waals surface area (Å²) >= 11 is 0. The number of rotatable bonds is 6. The number of anilines is 1. The number of pyridine rings is 1. The van der Waals surface area contributed by atoms with Crippen molar-refractivity contribution in [2.24, 2.45) is 0 Å². The number of aromatic nitrogens is 3. The van der Waals surface area contributed by atoms with Crippen molar-refractivity contribution in [1.29, 1.82) is 0 Å². The summed E-state index contributed by atoms with van der Waals surface area (Å²) in [6.07, 6.45) is 4.62. The van der Waals surface area contributed by atoms with Crippen LogP contribution in [0.4, 0.5) is 14.5 Å². The molecule has 1 amide bonds. The van der Waals surface area contributed by atoms with Crippen LogP contribution in [0.5, 0.6) is 0 Å². The van der Waals surface area contributed by atoms with Gasteiger partial charge in [-0.15, -0.1) is 0 Å². The summed E-state index contributed by atoms with van der Waals surface area (Å²) in [6, 6.07) is 8.10. The molecule has 1 aliphatic heterocycles. The van der Waals surface area contributed by atoms with Crippen LogP contribution in [0.1, 0.15) is 41.5 Å². The molecule has 0 spiro atoms. The van der Waals surface area contributed by atoms with Gasteiger partial charge in [0.15, 0.2) is 0 Å². The maximum Gasteiger partial charge on any atom is 0.269 e. The first-order valence-electron chi connectivity index (χ1n) is 12.0. The number of benzene rings is 1. The van der Waals surface area contributed by atoms with Gasteiger partial charge in [0, 0.05) is 44.7 Å². The summed E-state index contributed by atoms with van der Waals surface area (Å²) in [5.74, 6) is 0.0603. The average Bonchev–Trinajstić information content (AvgIpc) is 3.38. The van der Waals surface area contributed by atoms with E-state index >= 15 is 0 Å². The van der Waals surface area contributed by atoms with Gasteiger partial charge in [-0.05, 0) is 49.6 Å². The van der Waals surface area contributed by atoms with Crippen molar-refractivity contribution in [3.05, 3.63) is 64.2 Å². The predicted octanol–water partition coefficient (Wildman–Crippen LogP) is 2.61. The zero-order chi connectivity index (χ0) is 24.4. The van der Waals surface area contributed by atoms with Crippen LogP contribution in [0.15, 0.2) is 41.3 Å². The first-order chi connectivity index (χ1) is 17.0. The third-order valence-electron chi connectivity index (χ3n) is 7.03. The molecule has 2 aromatic heterocycles. The maximum absolute atomic E-state index is 13.5. The number of amides is 1. The fraction of sp³-hybridized carbons (Fsp3) is 0.440. The number of alkyl halides is 1. The Morgan fingerprint density at radius 3 is 2.71 bits per heavy atom. The van der Waals surface area contributed by atoms with E-state index in [4.69, 9.17) is 0 Å². The minimum absolute atomic E-state index is 0.0146. The highest BCUT2D eigenvalue weighted by Crippen LogP contribution is 2.36. The lowest BCUT2D eigenvalue weighted by atomic mass is 10.1. The smallest absolute Gasteiger partial charge is 0.269 e. The molecule has 5 rings (SSSR count). The molecule has 8 nitrogen and oxygen atoms in total. The van der Waals surface area contributed by atoms with E-state index in [-0.39, 0.29) is 35.0 Å². The van der Waals surface area contributed by atoms with Crippen LogP contribution in [0.2, 0.25) is 0 Å². The Morgan fingerprint density at radius 1 is 1.14 bits per heavy atom. The van der Waals surface area contributed by atoms with Crippen LogP contribution in [0.3, 0.4) is 0 Å². The van der Waals surface area contributed by atoms with Crippen molar-refractivity contribution >= 4 is 22.5 Å². The molecule has 10 heteroatoms. The summed E-state index contributed by atoms with van der Waals surface area (Å²) in [5.41, 5.74) is 1.48. The van der Waals surface area contributed by atoms with Gasteiger partial charge in [-0.2, -0.15) is 0 Å². The SMILES string of the molecule is O=C(NCCF)c1ccc(N2CCN(C3CCC(c4nc5ccc(F)cc5c(=O)[nH]4)C3)CC2)cn1. The highest BCUT2D eigenvalue weighted by Gasteiger charge is 2.33. The molecule has 1 aromatic carbocycles. The molecule has 1 saturated heterocycles. The van der Waals surface area contributed by atoms with E-state index in [0.717, 1.165) is 51.1 Å². The third-order valence-corrected chi connectivity index (χ3v) is 7.03. The molecule has 3 aromatic rings. The van der Waals surface area contributed by atoms with Gasteiger partial charge in [0.1, 0.15) is 24.0 Å². The number of nitrogens with zero attached hydrogens (tertiary/aromatic N) is 4. The van der Waals surface area contributed by atoms with E-state index in [1.165, 1.54) is 12.1 Å². The van der Waals surface area contributed by atoms with E-state index in [2.05, 4.69) is 30.1 Å². The van der Waals surface area contributed by atoms with Gasteiger partial charge in [-0.1, -0.05) is 0 Å². The Bertz CT molecular complexity index is 1260. The molecule has 2 atom stereocenters. The van der Waals surface area contributed by atoms with Crippen molar-refractivity contribution in [2.45, 2.75) is 31.2 Å². The van der Waals surface area contributed by atoms with E-state index in [1.54, 1.807) is 18.3 Å². The number of hydrogen-bond donors (Lipinski definition) is 2. The largest absolute Gasteiger partial charge is 0.368 e. The highest BCUT2D eigenvalue weighted by molar-refractivity contribution is 5.92. The zero-order valence-electron chi connectivity index (χ0n) is 19.3. The molecule has 0 radical (unpaired) electrons. The molecule has 1 aliphatic carbocycles. The van der Waals surface area contributed by atoms with Crippen molar-refractivity contribution in [1.82, 2.24) is 25.2 Å². The first kappa shape index (κ1) is 23.3. The molecule has 3 heterocycles. The van der Waals surface area contributed by atoms with Crippen molar-refractivity contribution in [2.75, 3.05) is 44.3 Å². The van der Waals surface area contributed by atoms with Crippen LogP contribution in [-0.4, -0.2) is 71.2 Å². The molecule has 1 saturated carbocycles. The zero-order valence-corrected chi connectivity index (χ0v) is 19.3. The lowest BCUT2D eigenvalue weighted by Gasteiger charge is -2.39. The number of fused-ring (bicyclic) bond motifs is 1. The quantitative estimate of drug-likeness (QED) is 0.561. The van der Waals surface area contributed by atoms with E-state index in [0.29, 0.717) is 17.4 Å². The summed E-state index contributed by atoms with van der Waals surface area (Å²) in [5, 5.41) is 2.76. The minimum atomic E-state index is -0.603. The standard InChI is InChI=1S/C25H28F2N6O2/c26-7-8-28-25(35)22-6-4-19(15-29-22)33-11-9-32(10-12-33)18-3-1-16(13-18)23-30-21-5-2-17(27)14-20(21)24(34)31-23/h2,4-6,14-16,18H,1,3,7-13H2,(H,28,35)(H,30,31,34). The van der Waals surface area contributed by atoms with Gasteiger partial charge in [-0.3, -0.25) is 14.5 Å². The van der Waals surface area contributed by atoms with E-state index < -0.39 is 12.5 Å². The number of carbonyl (C=O) groups is 1. The maximum atomic E-state index is 13.5. The van der Waals surface area contributed by atoms with Gasteiger partial charge < -0.3 is 15.2 Å². The molecule has 2 aliphatic rings. The molecular weight excluding hydrogens is 454 g/mol. The number of H-pyrrole nitrogens is 1. The lowest BCUT2D eigenvalue weighted by molar-refractivity contribution is 0.0946. The van der Waals surface area contributed by atoms with Crippen LogP contribution in [0, 0.1) is 5.82 Å². The fourth-order valence-corrected chi connectivity index (χ4v) is 5.16. The minimum Gasteiger partial charge on any atom is -0.368 e. The van der Waals surface area contributed by atoms with Crippen LogP contribution >= 0.6 is 0 Å². The van der Waals surface area contributed by atoms with Crippen LogP contribution in [0.25, 0.3) is 10.9 Å². The van der Waals surface area contributed by atoms with E-state index in [1.807, 2.05) is 6.07 Å². The second-order valence-electron chi connectivity index (χ2n) is 9.15. The lowest BCUT2D eigenvalue weighted by Crippen LogP contribution is -2.49. The fourth-order valence-electron chi connectivity index (χ4n) is 5.16. The third kappa shape index (κ3) is 5.02. The second-order valence-corrected chi connectivity index (χ2v) is 9.15. The van der Waals surface area contributed by atoms with Crippen molar-refractivity contribution in [3.8, 4) is 0 Å². The number of piperazine rings is 1. The summed E-state index contributed by atoms with van der Waals surface area (Å²) in [7, 11) is 0. The number of carbonyl (C=O) groups excluding carboxylic acids is 1. The van der Waals surface area contributed by atoms with Crippen LogP contribution < -0.4 is 15.8 Å². The molecule has 184 valence electrons. The summed E-state index contributed by atoms with van der Waals surface area (Å²) in [6.45, 7) is 2.92. The predicted molar refractivity (Wildman–Crippen MR) is 129 cm³/mol. The first-order valence-corrected chi connectivity index (χ1v) is 12.0. The highest BCUT2D eigenvalue weighted by atomic mass is 19.1. The average molecular weight is 483 g/mol. The molecule has 35 heavy (non-hydrogen) atoms. The number of aromatic amines is 1. The van der Waals surface area contributed by atoms with Crippen molar-refractivity contribution in [3.63, 3.8) is 0 Å². The second kappa shape index (κ2) is 10.1. The summed E-state index contributed by atoms with van der Waals surface area (Å²) in [4.78, 5) is 40.8. The topological polar surface area (TPSA) is 94.2 Å². The number of hydrogen-bond acceptors (Lipinski definition) is 6. The Balaban J connectivity index is 1.17. The van der Waals surface area contributed by atoms with Gasteiger partial charge in [-0.25, -0.2) is 18.7 Å². The van der Waals surface area contributed by atoms with E-state index in [9.17, 15) is 18.4 Å². The van der Waals surface area contributed by atoms with Crippen LogP contribution in [-0.2, 0) is 0 Å². The normalized spacial score (nSPS) is 20.9. The monoisotopic (exact) mass is 482 g/mol. The Labute approximate surface area is 201 Å². The molecule has 2 N–H and O–H groups in total. The molecular formula is C25H28F2N6O2. The number of halogens is 2. The van der Waals surface area contributed by atoms with Gasteiger partial charge >= 0.3 is 0 Å². The number of nitrogens with one attached hydrogen (secondary N) is 2. The molecule has 2 unspecified atom stereocenters. The van der Waals surface area contributed by atoms with Crippen molar-refractivity contribution < 1.29 is 13.6 Å². The molecule has 0 bridgehead atoms. The summed E-state index contributed by atoms with van der Waals surface area (Å²) < 4.78 is 25.7. The van der Waals surface area contributed by atoms with Gasteiger partial charge in [0.25, 0.3) is 11.5 Å². The molecule has 2 fully saturated rings.